The maximum atomic E-state index is 5.56. The molecule has 0 radical (unpaired) electrons. The smallest absolute Gasteiger partial charge is 0.0700 e. The zero-order valence-electron chi connectivity index (χ0n) is 14.3. The van der Waals surface area contributed by atoms with E-state index in [-0.39, 0.29) is 0 Å². The topological polar surface area (TPSA) is 18.5 Å². The number of unbranched alkanes of at least 4 members (excludes halogenated alkanes) is 7. The molecule has 2 nitrogen and oxygen atoms in total. The van der Waals surface area contributed by atoms with E-state index in [2.05, 4.69) is 20.8 Å². The van der Waals surface area contributed by atoms with E-state index in [1.54, 1.807) is 0 Å². The molecule has 0 aliphatic rings. The summed E-state index contributed by atoms with van der Waals surface area (Å²) in [5.41, 5.74) is 0. The Hall–Kier alpha value is -0.0800. The van der Waals surface area contributed by atoms with E-state index in [0.717, 1.165) is 38.8 Å². The molecule has 0 saturated carbocycles. The highest BCUT2D eigenvalue weighted by molar-refractivity contribution is 4.49. The van der Waals surface area contributed by atoms with Crippen molar-refractivity contribution in [1.29, 1.82) is 0 Å². The Bertz CT molecular complexity index is 169. The maximum Gasteiger partial charge on any atom is 0.0700 e. The summed E-state index contributed by atoms with van der Waals surface area (Å²) in [6, 6.07) is 0. The first-order chi connectivity index (χ1) is 9.77. The third kappa shape index (κ3) is 17.9. The lowest BCUT2D eigenvalue weighted by molar-refractivity contribution is 0.0453. The van der Waals surface area contributed by atoms with E-state index in [9.17, 15) is 0 Å². The molecule has 0 spiro atoms. The fourth-order valence-corrected chi connectivity index (χ4v) is 2.21. The molecule has 0 heterocycles. The molecular weight excluding hydrogens is 248 g/mol. The summed E-state index contributed by atoms with van der Waals surface area (Å²) in [5, 5.41) is 0. The normalized spacial score (nSPS) is 11.4. The minimum Gasteiger partial charge on any atom is -0.379 e. The van der Waals surface area contributed by atoms with Crippen LogP contribution in [0.3, 0.4) is 0 Å². The van der Waals surface area contributed by atoms with Gasteiger partial charge in [0.1, 0.15) is 0 Å². The van der Waals surface area contributed by atoms with Gasteiger partial charge in [0, 0.05) is 13.2 Å². The molecular formula is C18H38O2. The van der Waals surface area contributed by atoms with Crippen LogP contribution in [0.5, 0.6) is 0 Å². The Labute approximate surface area is 127 Å². The fourth-order valence-electron chi connectivity index (χ4n) is 2.21. The van der Waals surface area contributed by atoms with Gasteiger partial charge in [0.25, 0.3) is 0 Å². The molecule has 0 N–H and O–H groups in total. The molecule has 0 aromatic carbocycles. The Morgan fingerprint density at radius 2 is 1.10 bits per heavy atom. The summed E-state index contributed by atoms with van der Waals surface area (Å²) in [6.45, 7) is 10.1. The molecule has 2 heteroatoms. The van der Waals surface area contributed by atoms with Crippen LogP contribution in [0, 0.1) is 5.92 Å². The number of ether oxygens (including phenoxy) is 2. The molecule has 0 saturated heterocycles. The van der Waals surface area contributed by atoms with Gasteiger partial charge in [-0.3, -0.25) is 0 Å². The first-order valence-corrected chi connectivity index (χ1v) is 8.92. The van der Waals surface area contributed by atoms with Gasteiger partial charge >= 0.3 is 0 Å². The van der Waals surface area contributed by atoms with E-state index in [0.29, 0.717) is 0 Å². The van der Waals surface area contributed by atoms with E-state index in [4.69, 9.17) is 9.47 Å². The summed E-state index contributed by atoms with van der Waals surface area (Å²) in [5.74, 6) is 0.873. The van der Waals surface area contributed by atoms with Crippen molar-refractivity contribution < 1.29 is 9.47 Å². The van der Waals surface area contributed by atoms with E-state index < -0.39 is 0 Å². The predicted molar refractivity (Wildman–Crippen MR) is 88.3 cm³/mol. The Kier molecular flexibility index (Phi) is 16.9. The summed E-state index contributed by atoms with van der Waals surface area (Å²) in [6.07, 6.45) is 13.3. The molecule has 122 valence electrons. The van der Waals surface area contributed by atoms with Crippen LogP contribution in [0.1, 0.15) is 85.0 Å². The van der Waals surface area contributed by atoms with Gasteiger partial charge in [0.15, 0.2) is 0 Å². The number of rotatable bonds is 16. The lowest BCUT2D eigenvalue weighted by Gasteiger charge is -2.06. The van der Waals surface area contributed by atoms with Gasteiger partial charge < -0.3 is 9.47 Å². The van der Waals surface area contributed by atoms with Crippen molar-refractivity contribution in [3.63, 3.8) is 0 Å². The van der Waals surface area contributed by atoms with Crippen molar-refractivity contribution in [2.75, 3.05) is 26.4 Å². The molecule has 20 heavy (non-hydrogen) atoms. The molecule has 0 amide bonds. The standard InChI is InChI=1S/C18H38O2/c1-4-5-14-19-16-17-20-15-12-10-8-6-7-9-11-13-18(2)3/h18H,4-17H2,1-3H3. The van der Waals surface area contributed by atoms with Crippen molar-refractivity contribution in [2.45, 2.75) is 85.0 Å². The van der Waals surface area contributed by atoms with Crippen LogP contribution >= 0.6 is 0 Å². The van der Waals surface area contributed by atoms with Crippen LogP contribution in [0.25, 0.3) is 0 Å². The highest BCUT2D eigenvalue weighted by Gasteiger charge is 1.95. The summed E-state index contributed by atoms with van der Waals surface area (Å²) in [7, 11) is 0. The second-order valence-electron chi connectivity index (χ2n) is 6.24. The van der Waals surface area contributed by atoms with Gasteiger partial charge in [-0.2, -0.15) is 0 Å². The first kappa shape index (κ1) is 19.9. The minimum atomic E-state index is 0.760. The van der Waals surface area contributed by atoms with Crippen molar-refractivity contribution in [2.24, 2.45) is 5.92 Å². The molecule has 0 fully saturated rings. The SMILES string of the molecule is CCCCOCCOCCCCCCCCCC(C)C. The lowest BCUT2D eigenvalue weighted by Crippen LogP contribution is -2.06. The van der Waals surface area contributed by atoms with Crippen LogP contribution in [0.4, 0.5) is 0 Å². The Balaban J connectivity index is 2.92. The minimum absolute atomic E-state index is 0.760. The first-order valence-electron chi connectivity index (χ1n) is 8.92. The Morgan fingerprint density at radius 1 is 0.600 bits per heavy atom. The van der Waals surface area contributed by atoms with Crippen molar-refractivity contribution >= 4 is 0 Å². The average molecular weight is 286 g/mol. The summed E-state index contributed by atoms with van der Waals surface area (Å²) >= 11 is 0. The molecule has 0 rings (SSSR count). The zero-order valence-corrected chi connectivity index (χ0v) is 14.3. The quantitative estimate of drug-likeness (QED) is 0.344. The maximum absolute atomic E-state index is 5.56. The van der Waals surface area contributed by atoms with E-state index in [1.165, 1.54) is 57.8 Å². The van der Waals surface area contributed by atoms with E-state index in [1.807, 2.05) is 0 Å². The monoisotopic (exact) mass is 286 g/mol. The van der Waals surface area contributed by atoms with Gasteiger partial charge in [0.05, 0.1) is 13.2 Å². The highest BCUT2D eigenvalue weighted by Crippen LogP contribution is 2.11. The molecule has 0 aromatic rings. The second-order valence-corrected chi connectivity index (χ2v) is 6.24. The van der Waals surface area contributed by atoms with Gasteiger partial charge in [0.2, 0.25) is 0 Å². The number of hydrogen-bond donors (Lipinski definition) is 0. The third-order valence-corrected chi connectivity index (χ3v) is 3.58. The van der Waals surface area contributed by atoms with Crippen LogP contribution < -0.4 is 0 Å². The molecule has 0 bridgehead atoms. The van der Waals surface area contributed by atoms with Crippen molar-refractivity contribution in [1.82, 2.24) is 0 Å². The van der Waals surface area contributed by atoms with Crippen molar-refractivity contribution in [3.05, 3.63) is 0 Å². The zero-order chi connectivity index (χ0) is 14.9. The summed E-state index contributed by atoms with van der Waals surface area (Å²) in [4.78, 5) is 0. The molecule has 0 atom stereocenters. The fraction of sp³-hybridized carbons (Fsp3) is 1.00. The average Bonchev–Trinajstić information content (AvgIpc) is 2.43. The second kappa shape index (κ2) is 17.0. The van der Waals surface area contributed by atoms with Gasteiger partial charge in [-0.1, -0.05) is 72.1 Å². The van der Waals surface area contributed by atoms with Gasteiger partial charge in [-0.15, -0.1) is 0 Å². The Morgan fingerprint density at radius 3 is 1.65 bits per heavy atom. The van der Waals surface area contributed by atoms with Gasteiger partial charge in [-0.25, -0.2) is 0 Å². The highest BCUT2D eigenvalue weighted by atomic mass is 16.5. The molecule has 0 aliphatic carbocycles. The predicted octanol–water partition coefficient (Wildman–Crippen LogP) is 5.60. The summed E-state index contributed by atoms with van der Waals surface area (Å²) < 4.78 is 11.0. The van der Waals surface area contributed by atoms with Crippen LogP contribution in [0.2, 0.25) is 0 Å². The molecule has 0 aromatic heterocycles. The van der Waals surface area contributed by atoms with Crippen LogP contribution in [-0.2, 0) is 9.47 Å². The largest absolute Gasteiger partial charge is 0.379 e. The van der Waals surface area contributed by atoms with Crippen molar-refractivity contribution in [3.8, 4) is 0 Å². The lowest BCUT2D eigenvalue weighted by atomic mass is 10.0. The van der Waals surface area contributed by atoms with E-state index >= 15 is 0 Å². The van der Waals surface area contributed by atoms with Crippen LogP contribution in [0.15, 0.2) is 0 Å². The third-order valence-electron chi connectivity index (χ3n) is 3.58. The molecule has 0 aliphatic heterocycles. The van der Waals surface area contributed by atoms with Gasteiger partial charge in [-0.05, 0) is 18.8 Å². The van der Waals surface area contributed by atoms with Crippen LogP contribution in [-0.4, -0.2) is 26.4 Å². The molecule has 0 unspecified atom stereocenters. The number of hydrogen-bond acceptors (Lipinski definition) is 2.